The van der Waals surface area contributed by atoms with Gasteiger partial charge in [-0.15, -0.1) is 0 Å². The quantitative estimate of drug-likeness (QED) is 0.886. The highest BCUT2D eigenvalue weighted by Crippen LogP contribution is 2.46. The molecule has 2 aliphatic rings. The minimum absolute atomic E-state index is 0.0144. The molecule has 0 unspecified atom stereocenters. The van der Waals surface area contributed by atoms with Gasteiger partial charge in [-0.3, -0.25) is 14.6 Å². The van der Waals surface area contributed by atoms with Crippen LogP contribution in [0.1, 0.15) is 54.7 Å². The van der Waals surface area contributed by atoms with Crippen LogP contribution in [-0.4, -0.2) is 33.3 Å². The molecule has 4 rings (SSSR count). The van der Waals surface area contributed by atoms with Crippen molar-refractivity contribution in [3.63, 3.8) is 0 Å². The van der Waals surface area contributed by atoms with Crippen LogP contribution in [0.3, 0.4) is 0 Å². The summed E-state index contributed by atoms with van der Waals surface area (Å²) in [6.45, 7) is 1.96. The standard InChI is InChI=1S/C21H22FN3O2/c1-21-13-17(14-7-2-3-8-15(14)22)25(18(21)10-6-11-19(26)24-21)20(27)16-9-4-5-12-23-16/h2-5,7-9,12,17-18H,6,10-11,13H2,1H3,(H,24,26)/t17-,18-,21-/m0/s1. The lowest BCUT2D eigenvalue weighted by Gasteiger charge is -2.35. The minimum atomic E-state index is -0.592. The van der Waals surface area contributed by atoms with Crippen molar-refractivity contribution >= 4 is 11.8 Å². The number of amides is 2. The lowest BCUT2D eigenvalue weighted by atomic mass is 9.88. The van der Waals surface area contributed by atoms with Gasteiger partial charge in [0.15, 0.2) is 0 Å². The molecule has 27 heavy (non-hydrogen) atoms. The van der Waals surface area contributed by atoms with Gasteiger partial charge in [-0.05, 0) is 44.4 Å². The van der Waals surface area contributed by atoms with E-state index in [2.05, 4.69) is 10.3 Å². The number of hydrogen-bond donors (Lipinski definition) is 1. The molecule has 3 heterocycles. The predicted molar refractivity (Wildman–Crippen MR) is 98.4 cm³/mol. The van der Waals surface area contributed by atoms with Crippen molar-refractivity contribution in [2.75, 3.05) is 0 Å². The van der Waals surface area contributed by atoms with E-state index in [1.54, 1.807) is 47.5 Å². The third-order valence-electron chi connectivity index (χ3n) is 5.71. The number of halogens is 1. The van der Waals surface area contributed by atoms with Crippen molar-refractivity contribution in [1.29, 1.82) is 0 Å². The summed E-state index contributed by atoms with van der Waals surface area (Å²) in [5, 5.41) is 3.10. The molecule has 0 saturated carbocycles. The Hall–Kier alpha value is -2.76. The molecule has 6 heteroatoms. The number of rotatable bonds is 2. The molecule has 1 aromatic heterocycles. The van der Waals surface area contributed by atoms with Crippen molar-refractivity contribution in [3.05, 3.63) is 65.7 Å². The summed E-state index contributed by atoms with van der Waals surface area (Å²) in [7, 11) is 0. The van der Waals surface area contributed by atoms with Gasteiger partial charge >= 0.3 is 0 Å². The first-order valence-electron chi connectivity index (χ1n) is 9.29. The third kappa shape index (κ3) is 3.09. The zero-order valence-electron chi connectivity index (χ0n) is 15.2. The van der Waals surface area contributed by atoms with Crippen molar-refractivity contribution in [1.82, 2.24) is 15.2 Å². The number of carbonyl (C=O) groups is 2. The van der Waals surface area contributed by atoms with E-state index in [-0.39, 0.29) is 23.7 Å². The molecule has 5 nitrogen and oxygen atoms in total. The number of hydrogen-bond acceptors (Lipinski definition) is 3. The second-order valence-corrected chi connectivity index (χ2v) is 7.54. The molecule has 2 saturated heterocycles. The summed E-state index contributed by atoms with van der Waals surface area (Å²) in [5.74, 6) is -0.583. The Labute approximate surface area is 157 Å². The van der Waals surface area contributed by atoms with Crippen molar-refractivity contribution in [2.45, 2.75) is 50.2 Å². The minimum Gasteiger partial charge on any atom is -0.349 e. The summed E-state index contributed by atoms with van der Waals surface area (Å²) < 4.78 is 14.6. The number of carbonyl (C=O) groups excluding carboxylic acids is 2. The molecule has 0 aliphatic carbocycles. The highest BCUT2D eigenvalue weighted by Gasteiger charge is 2.53. The highest BCUT2D eigenvalue weighted by molar-refractivity contribution is 5.93. The molecule has 0 spiro atoms. The molecule has 0 bridgehead atoms. The normalized spacial score (nSPS) is 27.6. The highest BCUT2D eigenvalue weighted by atomic mass is 19.1. The van der Waals surface area contributed by atoms with E-state index in [0.29, 0.717) is 36.9 Å². The number of aromatic nitrogens is 1. The van der Waals surface area contributed by atoms with Crippen LogP contribution in [0.4, 0.5) is 4.39 Å². The molecule has 2 aliphatic heterocycles. The molecule has 0 radical (unpaired) electrons. The van der Waals surface area contributed by atoms with Gasteiger partial charge in [0.25, 0.3) is 5.91 Å². The third-order valence-corrected chi connectivity index (χ3v) is 5.71. The summed E-state index contributed by atoms with van der Waals surface area (Å²) >= 11 is 0. The smallest absolute Gasteiger partial charge is 0.273 e. The van der Waals surface area contributed by atoms with Crippen LogP contribution in [0.5, 0.6) is 0 Å². The maximum Gasteiger partial charge on any atom is 0.273 e. The van der Waals surface area contributed by atoms with Crippen LogP contribution >= 0.6 is 0 Å². The van der Waals surface area contributed by atoms with Crippen LogP contribution in [0.2, 0.25) is 0 Å². The largest absolute Gasteiger partial charge is 0.349 e. The second kappa shape index (κ2) is 6.76. The topological polar surface area (TPSA) is 62.3 Å². The van der Waals surface area contributed by atoms with Gasteiger partial charge in [0.1, 0.15) is 11.5 Å². The molecule has 2 fully saturated rings. The lowest BCUT2D eigenvalue weighted by molar-refractivity contribution is -0.122. The van der Waals surface area contributed by atoms with E-state index >= 15 is 0 Å². The molecule has 2 amide bonds. The maximum atomic E-state index is 14.6. The Morgan fingerprint density at radius 3 is 2.78 bits per heavy atom. The van der Waals surface area contributed by atoms with E-state index in [0.717, 1.165) is 0 Å². The molecule has 1 aromatic carbocycles. The van der Waals surface area contributed by atoms with Gasteiger partial charge in [0.05, 0.1) is 17.6 Å². The van der Waals surface area contributed by atoms with Crippen LogP contribution in [0.25, 0.3) is 0 Å². The van der Waals surface area contributed by atoms with Gasteiger partial charge in [-0.1, -0.05) is 24.3 Å². The predicted octanol–water partition coefficient (Wildman–Crippen LogP) is 3.24. The van der Waals surface area contributed by atoms with Gasteiger partial charge in [0, 0.05) is 18.2 Å². The first-order valence-corrected chi connectivity index (χ1v) is 9.29. The number of nitrogens with one attached hydrogen (secondary N) is 1. The Balaban J connectivity index is 1.80. The van der Waals surface area contributed by atoms with E-state index in [4.69, 9.17) is 0 Å². The lowest BCUT2D eigenvalue weighted by Crippen LogP contribution is -2.54. The monoisotopic (exact) mass is 367 g/mol. The average molecular weight is 367 g/mol. The van der Waals surface area contributed by atoms with E-state index in [1.165, 1.54) is 6.07 Å². The summed E-state index contributed by atoms with van der Waals surface area (Å²) in [6, 6.07) is 11.1. The fourth-order valence-corrected chi connectivity index (χ4v) is 4.50. The van der Waals surface area contributed by atoms with Crippen molar-refractivity contribution in [2.24, 2.45) is 0 Å². The van der Waals surface area contributed by atoms with Crippen molar-refractivity contribution in [3.8, 4) is 0 Å². The van der Waals surface area contributed by atoms with E-state index in [9.17, 15) is 14.0 Å². The van der Waals surface area contributed by atoms with E-state index in [1.807, 2.05) is 6.92 Å². The van der Waals surface area contributed by atoms with Crippen LogP contribution in [-0.2, 0) is 4.79 Å². The van der Waals surface area contributed by atoms with Crippen molar-refractivity contribution < 1.29 is 14.0 Å². The molecule has 140 valence electrons. The van der Waals surface area contributed by atoms with Crippen LogP contribution in [0.15, 0.2) is 48.7 Å². The number of nitrogens with zero attached hydrogens (tertiary/aromatic N) is 2. The Morgan fingerprint density at radius 2 is 2.04 bits per heavy atom. The first-order chi connectivity index (χ1) is 13.0. The average Bonchev–Trinajstić information content (AvgIpc) is 2.85. The fraction of sp³-hybridized carbons (Fsp3) is 0.381. The van der Waals surface area contributed by atoms with E-state index < -0.39 is 11.6 Å². The molecule has 2 aromatic rings. The van der Waals surface area contributed by atoms with Gasteiger partial charge < -0.3 is 10.2 Å². The Morgan fingerprint density at radius 1 is 1.26 bits per heavy atom. The molecule has 1 N–H and O–H groups in total. The Kier molecular flexibility index (Phi) is 4.42. The second-order valence-electron chi connectivity index (χ2n) is 7.54. The van der Waals surface area contributed by atoms with Gasteiger partial charge in [-0.25, -0.2) is 4.39 Å². The van der Waals surface area contributed by atoms with Gasteiger partial charge in [-0.2, -0.15) is 0 Å². The number of pyridine rings is 1. The summed E-state index contributed by atoms with van der Waals surface area (Å²) in [4.78, 5) is 31.5. The summed E-state index contributed by atoms with van der Waals surface area (Å²) in [5.41, 5.74) is 0.217. The summed E-state index contributed by atoms with van der Waals surface area (Å²) in [6.07, 6.45) is 3.89. The molecule has 3 atom stereocenters. The maximum absolute atomic E-state index is 14.6. The van der Waals surface area contributed by atoms with Crippen LogP contribution < -0.4 is 5.32 Å². The zero-order valence-corrected chi connectivity index (χ0v) is 15.2. The zero-order chi connectivity index (χ0) is 19.0. The SMILES string of the molecule is C[C@]12C[C@@H](c3ccccc3F)N(C(=O)c3ccccn3)[C@H]1CCCC(=O)N2. The fourth-order valence-electron chi connectivity index (χ4n) is 4.50. The first kappa shape index (κ1) is 17.6. The number of fused-ring (bicyclic) bond motifs is 1. The molecular weight excluding hydrogens is 345 g/mol. The molecular formula is C21H22FN3O2. The van der Waals surface area contributed by atoms with Crippen LogP contribution in [0, 0.1) is 5.82 Å². The number of benzene rings is 1. The Bertz CT molecular complexity index is 873. The van der Waals surface area contributed by atoms with Gasteiger partial charge in [0.2, 0.25) is 5.91 Å². The number of likely N-dealkylation sites (tertiary alicyclic amines) is 1.